The van der Waals surface area contributed by atoms with Gasteiger partial charge in [0.1, 0.15) is 5.75 Å². The summed E-state index contributed by atoms with van der Waals surface area (Å²) < 4.78 is 5.28. The maximum Gasteiger partial charge on any atom is 0.122 e. The summed E-state index contributed by atoms with van der Waals surface area (Å²) in [6, 6.07) is 5.86. The number of rotatable bonds is 4. The van der Waals surface area contributed by atoms with Crippen LogP contribution in [0.2, 0.25) is 0 Å². The second kappa shape index (κ2) is 4.85. The number of hydrogen-bond donors (Lipinski definition) is 2. The molecule has 0 aliphatic rings. The fraction of sp³-hybridized carbons (Fsp3) is 0.538. The Kier molecular flexibility index (Phi) is 3.94. The standard InChI is InChI=1S/C13H22N2O/c1-5-9-8-10(6-7-11(9)16-4)12(14)13(2,3)15/h6-8,12H,5,14-15H2,1-4H3. The van der Waals surface area contributed by atoms with E-state index in [-0.39, 0.29) is 6.04 Å². The van der Waals surface area contributed by atoms with Crippen molar-refractivity contribution in [3.8, 4) is 5.75 Å². The molecule has 1 unspecified atom stereocenters. The van der Waals surface area contributed by atoms with Crippen molar-refractivity contribution in [3.05, 3.63) is 29.3 Å². The third kappa shape index (κ3) is 2.74. The monoisotopic (exact) mass is 222 g/mol. The molecule has 0 saturated carbocycles. The molecule has 1 aromatic carbocycles. The van der Waals surface area contributed by atoms with E-state index in [1.165, 1.54) is 5.56 Å². The molecular weight excluding hydrogens is 200 g/mol. The van der Waals surface area contributed by atoms with E-state index in [1.54, 1.807) is 7.11 Å². The Morgan fingerprint density at radius 3 is 2.44 bits per heavy atom. The molecule has 0 amide bonds. The van der Waals surface area contributed by atoms with Gasteiger partial charge in [0.25, 0.3) is 0 Å². The van der Waals surface area contributed by atoms with Gasteiger partial charge in [0.15, 0.2) is 0 Å². The summed E-state index contributed by atoms with van der Waals surface area (Å²) in [5.74, 6) is 0.910. The topological polar surface area (TPSA) is 61.3 Å². The normalized spacial score (nSPS) is 13.6. The molecule has 0 bridgehead atoms. The van der Waals surface area contributed by atoms with Gasteiger partial charge in [-0.3, -0.25) is 0 Å². The largest absolute Gasteiger partial charge is 0.496 e. The third-order valence-electron chi connectivity index (χ3n) is 2.85. The molecule has 0 aliphatic carbocycles. The van der Waals surface area contributed by atoms with Gasteiger partial charge in [0.05, 0.1) is 7.11 Å². The zero-order valence-electron chi connectivity index (χ0n) is 10.6. The summed E-state index contributed by atoms with van der Waals surface area (Å²) in [5.41, 5.74) is 13.9. The lowest BCUT2D eigenvalue weighted by Crippen LogP contribution is -2.43. The Bertz CT molecular complexity index is 355. The number of hydrogen-bond acceptors (Lipinski definition) is 3. The minimum absolute atomic E-state index is 0.163. The molecule has 3 nitrogen and oxygen atoms in total. The molecule has 0 fully saturated rings. The van der Waals surface area contributed by atoms with E-state index in [4.69, 9.17) is 16.2 Å². The first-order valence-electron chi connectivity index (χ1n) is 5.61. The lowest BCUT2D eigenvalue weighted by molar-refractivity contribution is 0.405. The first-order chi connectivity index (χ1) is 7.40. The Morgan fingerprint density at radius 1 is 1.38 bits per heavy atom. The minimum atomic E-state index is -0.417. The Balaban J connectivity index is 3.08. The van der Waals surface area contributed by atoms with Crippen LogP contribution in [0.4, 0.5) is 0 Å². The van der Waals surface area contributed by atoms with Gasteiger partial charge in [-0.2, -0.15) is 0 Å². The quantitative estimate of drug-likeness (QED) is 0.819. The second-order valence-corrected chi connectivity index (χ2v) is 4.72. The molecule has 1 atom stereocenters. The summed E-state index contributed by atoms with van der Waals surface area (Å²) in [5, 5.41) is 0. The van der Waals surface area contributed by atoms with Crippen LogP contribution in [-0.4, -0.2) is 12.6 Å². The third-order valence-corrected chi connectivity index (χ3v) is 2.85. The average molecular weight is 222 g/mol. The summed E-state index contributed by atoms with van der Waals surface area (Å²) >= 11 is 0. The molecule has 1 rings (SSSR count). The number of benzene rings is 1. The van der Waals surface area contributed by atoms with E-state index in [1.807, 2.05) is 26.0 Å². The summed E-state index contributed by atoms with van der Waals surface area (Å²) in [4.78, 5) is 0. The minimum Gasteiger partial charge on any atom is -0.496 e. The molecule has 0 heterocycles. The maximum atomic E-state index is 6.12. The predicted octanol–water partition coefficient (Wildman–Crippen LogP) is 1.99. The molecule has 1 aromatic rings. The smallest absolute Gasteiger partial charge is 0.122 e. The van der Waals surface area contributed by atoms with E-state index >= 15 is 0 Å². The van der Waals surface area contributed by atoms with Crippen molar-refractivity contribution in [1.82, 2.24) is 0 Å². The van der Waals surface area contributed by atoms with Gasteiger partial charge < -0.3 is 16.2 Å². The van der Waals surface area contributed by atoms with Crippen molar-refractivity contribution < 1.29 is 4.74 Å². The van der Waals surface area contributed by atoms with Crippen LogP contribution >= 0.6 is 0 Å². The van der Waals surface area contributed by atoms with E-state index in [0.717, 1.165) is 17.7 Å². The molecule has 0 aliphatic heterocycles. The highest BCUT2D eigenvalue weighted by Gasteiger charge is 2.23. The number of ether oxygens (including phenoxy) is 1. The van der Waals surface area contributed by atoms with Gasteiger partial charge in [-0.05, 0) is 37.5 Å². The number of aryl methyl sites for hydroxylation is 1. The Hall–Kier alpha value is -1.06. The molecule has 0 radical (unpaired) electrons. The van der Waals surface area contributed by atoms with Crippen LogP contribution in [0, 0.1) is 0 Å². The van der Waals surface area contributed by atoms with Gasteiger partial charge in [0, 0.05) is 11.6 Å². The second-order valence-electron chi connectivity index (χ2n) is 4.72. The zero-order valence-corrected chi connectivity index (χ0v) is 10.6. The van der Waals surface area contributed by atoms with E-state index in [2.05, 4.69) is 13.0 Å². The molecule has 4 N–H and O–H groups in total. The Labute approximate surface area is 97.8 Å². The summed E-state index contributed by atoms with van der Waals surface area (Å²) in [6.07, 6.45) is 0.925. The highest BCUT2D eigenvalue weighted by Crippen LogP contribution is 2.26. The highest BCUT2D eigenvalue weighted by atomic mass is 16.5. The number of methoxy groups -OCH3 is 1. The van der Waals surface area contributed by atoms with Crippen molar-refractivity contribution in [2.75, 3.05) is 7.11 Å². The van der Waals surface area contributed by atoms with E-state index < -0.39 is 5.54 Å². The van der Waals surface area contributed by atoms with Crippen LogP contribution in [-0.2, 0) is 6.42 Å². The lowest BCUT2D eigenvalue weighted by Gasteiger charge is -2.28. The zero-order chi connectivity index (χ0) is 12.3. The molecule has 90 valence electrons. The molecular formula is C13H22N2O. The highest BCUT2D eigenvalue weighted by molar-refractivity contribution is 5.39. The van der Waals surface area contributed by atoms with Gasteiger partial charge >= 0.3 is 0 Å². The maximum absolute atomic E-state index is 6.12. The van der Waals surface area contributed by atoms with Crippen LogP contribution in [0.1, 0.15) is 37.9 Å². The fourth-order valence-corrected chi connectivity index (χ4v) is 1.70. The molecule has 0 spiro atoms. The van der Waals surface area contributed by atoms with E-state index in [0.29, 0.717) is 0 Å². The molecule has 16 heavy (non-hydrogen) atoms. The number of nitrogens with two attached hydrogens (primary N) is 2. The first-order valence-corrected chi connectivity index (χ1v) is 5.61. The predicted molar refractivity (Wildman–Crippen MR) is 67.6 cm³/mol. The fourth-order valence-electron chi connectivity index (χ4n) is 1.70. The first kappa shape index (κ1) is 13.0. The molecule has 0 saturated heterocycles. The Morgan fingerprint density at radius 2 is 2.00 bits per heavy atom. The SMILES string of the molecule is CCc1cc(C(N)C(C)(C)N)ccc1OC. The van der Waals surface area contributed by atoms with Gasteiger partial charge in [-0.1, -0.05) is 19.1 Å². The van der Waals surface area contributed by atoms with Crippen LogP contribution in [0.15, 0.2) is 18.2 Å². The molecule has 0 aromatic heterocycles. The van der Waals surface area contributed by atoms with Crippen LogP contribution in [0.5, 0.6) is 5.75 Å². The van der Waals surface area contributed by atoms with E-state index in [9.17, 15) is 0 Å². The summed E-state index contributed by atoms with van der Waals surface area (Å²) in [7, 11) is 1.68. The van der Waals surface area contributed by atoms with Crippen molar-refractivity contribution in [2.45, 2.75) is 38.8 Å². The van der Waals surface area contributed by atoms with Crippen LogP contribution in [0.3, 0.4) is 0 Å². The van der Waals surface area contributed by atoms with Crippen molar-refractivity contribution in [1.29, 1.82) is 0 Å². The average Bonchev–Trinajstić information content (AvgIpc) is 2.25. The van der Waals surface area contributed by atoms with Crippen molar-refractivity contribution >= 4 is 0 Å². The van der Waals surface area contributed by atoms with Gasteiger partial charge in [-0.15, -0.1) is 0 Å². The van der Waals surface area contributed by atoms with Crippen LogP contribution < -0.4 is 16.2 Å². The van der Waals surface area contributed by atoms with Crippen molar-refractivity contribution in [3.63, 3.8) is 0 Å². The summed E-state index contributed by atoms with van der Waals surface area (Å²) in [6.45, 7) is 5.97. The van der Waals surface area contributed by atoms with Crippen molar-refractivity contribution in [2.24, 2.45) is 11.5 Å². The van der Waals surface area contributed by atoms with Gasteiger partial charge in [-0.25, -0.2) is 0 Å². The lowest BCUT2D eigenvalue weighted by atomic mass is 9.89. The van der Waals surface area contributed by atoms with Gasteiger partial charge in [0.2, 0.25) is 0 Å². The molecule has 3 heteroatoms. The van der Waals surface area contributed by atoms with Crippen LogP contribution in [0.25, 0.3) is 0 Å².